The average molecular weight is 290 g/mol. The van der Waals surface area contributed by atoms with Crippen molar-refractivity contribution in [2.75, 3.05) is 7.11 Å². The zero-order valence-electron chi connectivity index (χ0n) is 12.3. The Morgan fingerprint density at radius 1 is 1.29 bits per heavy atom. The van der Waals surface area contributed by atoms with Gasteiger partial charge in [0.15, 0.2) is 5.78 Å². The molecule has 2 rings (SSSR count). The van der Waals surface area contributed by atoms with Crippen molar-refractivity contribution >= 4 is 17.5 Å². The molecule has 0 N–H and O–H groups in total. The van der Waals surface area contributed by atoms with Crippen LogP contribution in [0.4, 0.5) is 0 Å². The minimum Gasteiger partial charge on any atom is -0.491 e. The highest BCUT2D eigenvalue weighted by molar-refractivity contribution is 6.39. The molecule has 21 heavy (non-hydrogen) atoms. The van der Waals surface area contributed by atoms with Crippen LogP contribution in [0.2, 0.25) is 0 Å². The predicted molar refractivity (Wildman–Crippen MR) is 75.4 cm³/mol. The SMILES string of the molecule is COC(=O)C(=O)C1CCc2cc(OC(C)C)ccc2C1=O. The fraction of sp³-hybridized carbons (Fsp3) is 0.438. The number of carbonyl (C=O) groups excluding carboxylic acids is 3. The molecule has 112 valence electrons. The summed E-state index contributed by atoms with van der Waals surface area (Å²) >= 11 is 0. The molecule has 1 aliphatic carbocycles. The van der Waals surface area contributed by atoms with E-state index in [9.17, 15) is 14.4 Å². The maximum Gasteiger partial charge on any atom is 0.375 e. The van der Waals surface area contributed by atoms with Crippen LogP contribution in [0.15, 0.2) is 18.2 Å². The van der Waals surface area contributed by atoms with Crippen LogP contribution in [0.25, 0.3) is 0 Å². The zero-order chi connectivity index (χ0) is 15.6. The van der Waals surface area contributed by atoms with Crippen LogP contribution in [0, 0.1) is 5.92 Å². The number of esters is 1. The van der Waals surface area contributed by atoms with Gasteiger partial charge < -0.3 is 9.47 Å². The highest BCUT2D eigenvalue weighted by Gasteiger charge is 2.36. The summed E-state index contributed by atoms with van der Waals surface area (Å²) in [5, 5.41) is 0. The number of hydrogen-bond acceptors (Lipinski definition) is 5. The zero-order valence-corrected chi connectivity index (χ0v) is 12.3. The van der Waals surface area contributed by atoms with E-state index in [0.717, 1.165) is 12.7 Å². The molecule has 1 aromatic rings. The summed E-state index contributed by atoms with van der Waals surface area (Å²) in [4.78, 5) is 35.5. The minimum atomic E-state index is -0.962. The second kappa shape index (κ2) is 6.08. The van der Waals surface area contributed by atoms with Gasteiger partial charge in [-0.15, -0.1) is 0 Å². The van der Waals surface area contributed by atoms with Gasteiger partial charge in [-0.05, 0) is 50.5 Å². The largest absolute Gasteiger partial charge is 0.491 e. The van der Waals surface area contributed by atoms with E-state index in [-0.39, 0.29) is 11.9 Å². The number of methoxy groups -OCH3 is 1. The number of carbonyl (C=O) groups is 3. The Hall–Kier alpha value is -2.17. The molecule has 1 unspecified atom stereocenters. The van der Waals surface area contributed by atoms with Gasteiger partial charge in [0.05, 0.1) is 19.1 Å². The first-order valence-corrected chi connectivity index (χ1v) is 6.90. The second-order valence-electron chi connectivity index (χ2n) is 5.30. The van der Waals surface area contributed by atoms with Crippen LogP contribution in [-0.4, -0.2) is 30.7 Å². The van der Waals surface area contributed by atoms with E-state index in [1.54, 1.807) is 12.1 Å². The normalized spacial score (nSPS) is 17.3. The summed E-state index contributed by atoms with van der Waals surface area (Å²) in [5.74, 6) is -2.27. The van der Waals surface area contributed by atoms with Crippen molar-refractivity contribution in [1.29, 1.82) is 0 Å². The summed E-state index contributed by atoms with van der Waals surface area (Å²) < 4.78 is 10.00. The molecule has 1 aromatic carbocycles. The van der Waals surface area contributed by atoms with Crippen molar-refractivity contribution in [3.63, 3.8) is 0 Å². The quantitative estimate of drug-likeness (QED) is 0.481. The van der Waals surface area contributed by atoms with Crippen molar-refractivity contribution in [1.82, 2.24) is 0 Å². The van der Waals surface area contributed by atoms with Crippen LogP contribution in [-0.2, 0) is 20.7 Å². The van der Waals surface area contributed by atoms with E-state index in [1.165, 1.54) is 0 Å². The number of rotatable bonds is 4. The van der Waals surface area contributed by atoms with E-state index in [1.807, 2.05) is 19.9 Å². The molecule has 0 aliphatic heterocycles. The van der Waals surface area contributed by atoms with Crippen LogP contribution in [0.5, 0.6) is 5.75 Å². The molecule has 5 heteroatoms. The molecule has 0 fully saturated rings. The van der Waals surface area contributed by atoms with Crippen molar-refractivity contribution in [3.05, 3.63) is 29.3 Å². The Labute approximate surface area is 123 Å². The van der Waals surface area contributed by atoms with E-state index < -0.39 is 17.7 Å². The van der Waals surface area contributed by atoms with Crippen LogP contribution < -0.4 is 4.74 Å². The fourth-order valence-electron chi connectivity index (χ4n) is 2.47. The third-order valence-corrected chi connectivity index (χ3v) is 3.44. The Kier molecular flexibility index (Phi) is 4.40. The first kappa shape index (κ1) is 15.2. The molecule has 0 radical (unpaired) electrons. The van der Waals surface area contributed by atoms with Gasteiger partial charge in [0.2, 0.25) is 0 Å². The van der Waals surface area contributed by atoms with Gasteiger partial charge in [-0.3, -0.25) is 9.59 Å². The number of Topliss-reactive ketones (excluding diaryl/α,β-unsaturated/α-hetero) is 2. The molecule has 5 nitrogen and oxygen atoms in total. The molecular weight excluding hydrogens is 272 g/mol. The summed E-state index contributed by atoms with van der Waals surface area (Å²) in [5.41, 5.74) is 1.34. The molecule has 0 bridgehead atoms. The Morgan fingerprint density at radius 3 is 2.62 bits per heavy atom. The standard InChI is InChI=1S/C16H18O5/c1-9(2)21-11-5-7-12-10(8-11)4-6-13(14(12)17)15(18)16(19)20-3/h5,7-9,13H,4,6H2,1-3H3. The van der Waals surface area contributed by atoms with Gasteiger partial charge in [-0.2, -0.15) is 0 Å². The van der Waals surface area contributed by atoms with Crippen molar-refractivity contribution < 1.29 is 23.9 Å². The molecule has 0 heterocycles. The lowest BCUT2D eigenvalue weighted by atomic mass is 9.80. The van der Waals surface area contributed by atoms with E-state index in [4.69, 9.17) is 4.74 Å². The summed E-state index contributed by atoms with van der Waals surface area (Å²) in [6.45, 7) is 3.85. The molecule has 0 aromatic heterocycles. The Bertz CT molecular complexity index is 588. The molecule has 0 saturated carbocycles. The van der Waals surface area contributed by atoms with Gasteiger partial charge in [-0.25, -0.2) is 4.79 Å². The lowest BCUT2D eigenvalue weighted by molar-refractivity contribution is -0.153. The maximum absolute atomic E-state index is 12.3. The van der Waals surface area contributed by atoms with Crippen LogP contribution >= 0.6 is 0 Å². The summed E-state index contributed by atoms with van der Waals surface area (Å²) in [6, 6.07) is 5.19. The average Bonchev–Trinajstić information content (AvgIpc) is 2.45. The van der Waals surface area contributed by atoms with Gasteiger partial charge in [-0.1, -0.05) is 0 Å². The first-order valence-electron chi connectivity index (χ1n) is 6.90. The van der Waals surface area contributed by atoms with Crippen LogP contribution in [0.3, 0.4) is 0 Å². The molecule has 1 aliphatic rings. The number of benzene rings is 1. The van der Waals surface area contributed by atoms with Crippen molar-refractivity contribution in [3.8, 4) is 5.75 Å². The maximum atomic E-state index is 12.3. The fourth-order valence-corrected chi connectivity index (χ4v) is 2.47. The number of ether oxygens (including phenoxy) is 2. The smallest absolute Gasteiger partial charge is 0.375 e. The second-order valence-corrected chi connectivity index (χ2v) is 5.30. The van der Waals surface area contributed by atoms with Crippen LogP contribution in [0.1, 0.15) is 36.2 Å². The highest BCUT2D eigenvalue weighted by atomic mass is 16.5. The molecular formula is C16H18O5. The van der Waals surface area contributed by atoms with Crippen molar-refractivity contribution in [2.45, 2.75) is 32.8 Å². The van der Waals surface area contributed by atoms with Gasteiger partial charge in [0.25, 0.3) is 5.78 Å². The lowest BCUT2D eigenvalue weighted by Gasteiger charge is -2.22. The Balaban J connectivity index is 2.24. The van der Waals surface area contributed by atoms with E-state index in [0.29, 0.717) is 24.2 Å². The number of aryl methyl sites for hydroxylation is 1. The number of hydrogen-bond donors (Lipinski definition) is 0. The number of fused-ring (bicyclic) bond motifs is 1. The summed E-state index contributed by atoms with van der Waals surface area (Å²) in [7, 11) is 1.14. The van der Waals surface area contributed by atoms with Gasteiger partial charge in [0.1, 0.15) is 5.75 Å². The third kappa shape index (κ3) is 3.12. The summed E-state index contributed by atoms with van der Waals surface area (Å²) in [6.07, 6.45) is 0.935. The topological polar surface area (TPSA) is 69.7 Å². The van der Waals surface area contributed by atoms with Gasteiger partial charge in [0, 0.05) is 5.56 Å². The molecule has 0 saturated heterocycles. The molecule has 1 atom stereocenters. The number of ketones is 2. The van der Waals surface area contributed by atoms with E-state index in [2.05, 4.69) is 4.74 Å². The Morgan fingerprint density at radius 2 is 2.00 bits per heavy atom. The first-order chi connectivity index (χ1) is 9.93. The highest BCUT2D eigenvalue weighted by Crippen LogP contribution is 2.29. The minimum absolute atomic E-state index is 0.0518. The third-order valence-electron chi connectivity index (χ3n) is 3.44. The lowest BCUT2D eigenvalue weighted by Crippen LogP contribution is -2.34. The monoisotopic (exact) mass is 290 g/mol. The van der Waals surface area contributed by atoms with Crippen molar-refractivity contribution in [2.24, 2.45) is 5.92 Å². The molecule has 0 amide bonds. The van der Waals surface area contributed by atoms with Gasteiger partial charge >= 0.3 is 5.97 Å². The predicted octanol–water partition coefficient (Wildman–Crippen LogP) is 1.96. The van der Waals surface area contributed by atoms with E-state index >= 15 is 0 Å². The molecule has 0 spiro atoms.